The van der Waals surface area contributed by atoms with Crippen LogP contribution in [0.5, 0.6) is 0 Å². The van der Waals surface area contributed by atoms with Crippen molar-refractivity contribution in [1.29, 1.82) is 0 Å². The molecule has 0 atom stereocenters. The molecule has 0 heterocycles. The van der Waals surface area contributed by atoms with Gasteiger partial charge in [-0.1, -0.05) is 24.3 Å². The zero-order valence-electron chi connectivity index (χ0n) is 8.06. The van der Waals surface area contributed by atoms with Gasteiger partial charge in [-0.2, -0.15) is 0 Å². The minimum absolute atomic E-state index is 0.122. The van der Waals surface area contributed by atoms with Crippen LogP contribution in [0.4, 0.5) is 0 Å². The molecule has 0 aliphatic rings. The van der Waals surface area contributed by atoms with Gasteiger partial charge in [-0.15, -0.1) is 11.6 Å². The molecule has 0 fully saturated rings. The van der Waals surface area contributed by atoms with Crippen LogP contribution in [0.3, 0.4) is 0 Å². The molecule has 1 aromatic carbocycles. The standard InChI is InChI=1S/C10H12ClNO2S/c11-8-2-1-3-9-4-6-10(7-5-9)15(12,13)14/h1,3-7H,2,8H2,(H2,12,13,14). The third-order valence-corrected chi connectivity index (χ3v) is 2.94. The predicted octanol–water partition coefficient (Wildman–Crippen LogP) is 1.98. The maximum absolute atomic E-state index is 10.9. The van der Waals surface area contributed by atoms with E-state index in [9.17, 15) is 8.42 Å². The topological polar surface area (TPSA) is 60.2 Å². The summed E-state index contributed by atoms with van der Waals surface area (Å²) in [6.45, 7) is 0. The van der Waals surface area contributed by atoms with Gasteiger partial charge in [0, 0.05) is 5.88 Å². The summed E-state index contributed by atoms with van der Waals surface area (Å²) in [5, 5.41) is 4.97. The summed E-state index contributed by atoms with van der Waals surface area (Å²) in [5.74, 6) is 0.575. The van der Waals surface area contributed by atoms with E-state index in [2.05, 4.69) is 0 Å². The van der Waals surface area contributed by atoms with Crippen molar-refractivity contribution in [3.8, 4) is 0 Å². The molecule has 1 rings (SSSR count). The third kappa shape index (κ3) is 4.03. The zero-order valence-corrected chi connectivity index (χ0v) is 9.63. The van der Waals surface area contributed by atoms with E-state index in [0.29, 0.717) is 5.88 Å². The fourth-order valence-corrected chi connectivity index (χ4v) is 1.69. The van der Waals surface area contributed by atoms with E-state index >= 15 is 0 Å². The van der Waals surface area contributed by atoms with E-state index in [1.54, 1.807) is 12.1 Å². The van der Waals surface area contributed by atoms with Crippen LogP contribution in [-0.4, -0.2) is 14.3 Å². The number of primary sulfonamides is 1. The molecule has 0 radical (unpaired) electrons. The van der Waals surface area contributed by atoms with Gasteiger partial charge in [-0.25, -0.2) is 13.6 Å². The smallest absolute Gasteiger partial charge is 0.225 e. The summed E-state index contributed by atoms with van der Waals surface area (Å²) in [6, 6.07) is 6.36. The van der Waals surface area contributed by atoms with Crippen molar-refractivity contribution in [3.63, 3.8) is 0 Å². The first-order valence-electron chi connectivity index (χ1n) is 4.39. The number of alkyl halides is 1. The summed E-state index contributed by atoms with van der Waals surface area (Å²) in [4.78, 5) is 0.122. The Hall–Kier alpha value is -0.840. The Morgan fingerprint density at radius 1 is 1.27 bits per heavy atom. The van der Waals surface area contributed by atoms with Gasteiger partial charge in [0.05, 0.1) is 4.90 Å². The van der Waals surface area contributed by atoms with E-state index in [4.69, 9.17) is 16.7 Å². The molecule has 15 heavy (non-hydrogen) atoms. The molecule has 0 spiro atoms. The summed E-state index contributed by atoms with van der Waals surface area (Å²) >= 11 is 5.51. The van der Waals surface area contributed by atoms with E-state index in [1.807, 2.05) is 12.2 Å². The average Bonchev–Trinajstić information content (AvgIpc) is 2.18. The molecule has 0 saturated heterocycles. The third-order valence-electron chi connectivity index (χ3n) is 1.79. The van der Waals surface area contributed by atoms with Crippen LogP contribution in [0.25, 0.3) is 6.08 Å². The highest BCUT2D eigenvalue weighted by Gasteiger charge is 2.05. The Balaban J connectivity index is 2.82. The number of benzene rings is 1. The van der Waals surface area contributed by atoms with Crippen molar-refractivity contribution in [3.05, 3.63) is 35.9 Å². The number of allylic oxidation sites excluding steroid dienone is 1. The summed E-state index contributed by atoms with van der Waals surface area (Å²) in [5.41, 5.74) is 0.924. The predicted molar refractivity (Wildman–Crippen MR) is 62.2 cm³/mol. The van der Waals surface area contributed by atoms with Crippen molar-refractivity contribution in [2.75, 3.05) is 5.88 Å². The first kappa shape index (κ1) is 12.2. The van der Waals surface area contributed by atoms with Crippen LogP contribution in [0.1, 0.15) is 12.0 Å². The lowest BCUT2D eigenvalue weighted by atomic mass is 10.2. The van der Waals surface area contributed by atoms with E-state index in [-0.39, 0.29) is 4.90 Å². The minimum atomic E-state index is -3.59. The molecule has 0 aliphatic carbocycles. The Morgan fingerprint density at radius 3 is 2.33 bits per heavy atom. The molecule has 0 aromatic heterocycles. The van der Waals surface area contributed by atoms with Gasteiger partial charge < -0.3 is 0 Å². The normalized spacial score (nSPS) is 12.1. The van der Waals surface area contributed by atoms with Crippen LogP contribution in [-0.2, 0) is 10.0 Å². The number of halogens is 1. The molecular formula is C10H12ClNO2S. The van der Waals surface area contributed by atoms with Crippen LogP contribution < -0.4 is 5.14 Å². The lowest BCUT2D eigenvalue weighted by molar-refractivity contribution is 0.598. The Morgan fingerprint density at radius 2 is 1.87 bits per heavy atom. The largest absolute Gasteiger partial charge is 0.238 e. The van der Waals surface area contributed by atoms with Gasteiger partial charge in [0.15, 0.2) is 0 Å². The molecule has 0 aliphatic heterocycles. The van der Waals surface area contributed by atoms with Gasteiger partial charge in [0.25, 0.3) is 0 Å². The summed E-state index contributed by atoms with van der Waals surface area (Å²) in [6.07, 6.45) is 4.60. The first-order valence-corrected chi connectivity index (χ1v) is 6.47. The first-order chi connectivity index (χ1) is 7.04. The fraction of sp³-hybridized carbons (Fsp3) is 0.200. The summed E-state index contributed by atoms with van der Waals surface area (Å²) in [7, 11) is -3.59. The zero-order chi connectivity index (χ0) is 11.3. The Kier molecular flexibility index (Phi) is 4.32. The Bertz CT molecular complexity index is 437. The van der Waals surface area contributed by atoms with Crippen molar-refractivity contribution >= 4 is 27.7 Å². The molecule has 0 saturated carbocycles. The lowest BCUT2D eigenvalue weighted by Gasteiger charge is -1.98. The van der Waals surface area contributed by atoms with Crippen molar-refractivity contribution in [2.24, 2.45) is 5.14 Å². The highest BCUT2D eigenvalue weighted by atomic mass is 35.5. The average molecular weight is 246 g/mol. The van der Waals surface area contributed by atoms with Crippen molar-refractivity contribution in [2.45, 2.75) is 11.3 Å². The SMILES string of the molecule is NS(=O)(=O)c1ccc(C=CCCCl)cc1. The molecule has 0 bridgehead atoms. The summed E-state index contributed by atoms with van der Waals surface area (Å²) < 4.78 is 21.9. The molecule has 2 N–H and O–H groups in total. The highest BCUT2D eigenvalue weighted by molar-refractivity contribution is 7.89. The number of rotatable bonds is 4. The quantitative estimate of drug-likeness (QED) is 0.825. The van der Waals surface area contributed by atoms with Crippen LogP contribution >= 0.6 is 11.6 Å². The molecule has 3 nitrogen and oxygen atoms in total. The molecule has 0 unspecified atom stereocenters. The second-order valence-corrected chi connectivity index (χ2v) is 4.93. The van der Waals surface area contributed by atoms with Crippen LogP contribution in [0.15, 0.2) is 35.2 Å². The second kappa shape index (κ2) is 5.30. The van der Waals surface area contributed by atoms with E-state index in [1.165, 1.54) is 12.1 Å². The van der Waals surface area contributed by atoms with Gasteiger partial charge >= 0.3 is 0 Å². The van der Waals surface area contributed by atoms with Gasteiger partial charge in [0.2, 0.25) is 10.0 Å². The van der Waals surface area contributed by atoms with Crippen molar-refractivity contribution in [1.82, 2.24) is 0 Å². The van der Waals surface area contributed by atoms with Gasteiger partial charge in [-0.05, 0) is 24.1 Å². The second-order valence-electron chi connectivity index (χ2n) is 2.99. The molecular weight excluding hydrogens is 234 g/mol. The number of hydrogen-bond acceptors (Lipinski definition) is 2. The Labute approximate surface area is 94.6 Å². The highest BCUT2D eigenvalue weighted by Crippen LogP contribution is 2.10. The van der Waals surface area contributed by atoms with Crippen LogP contribution in [0, 0.1) is 0 Å². The van der Waals surface area contributed by atoms with Crippen molar-refractivity contribution < 1.29 is 8.42 Å². The maximum Gasteiger partial charge on any atom is 0.238 e. The fourth-order valence-electron chi connectivity index (χ4n) is 1.05. The monoisotopic (exact) mass is 245 g/mol. The van der Waals surface area contributed by atoms with Crippen LogP contribution in [0.2, 0.25) is 0 Å². The van der Waals surface area contributed by atoms with E-state index in [0.717, 1.165) is 12.0 Å². The number of sulfonamides is 1. The lowest BCUT2D eigenvalue weighted by Crippen LogP contribution is -2.11. The molecule has 0 amide bonds. The molecule has 1 aromatic rings. The minimum Gasteiger partial charge on any atom is -0.225 e. The number of nitrogens with two attached hydrogens (primary N) is 1. The molecule has 5 heteroatoms. The maximum atomic E-state index is 10.9. The van der Waals surface area contributed by atoms with Gasteiger partial charge in [-0.3, -0.25) is 0 Å². The molecule has 82 valence electrons. The number of hydrogen-bond donors (Lipinski definition) is 1. The van der Waals surface area contributed by atoms with E-state index < -0.39 is 10.0 Å². The van der Waals surface area contributed by atoms with Gasteiger partial charge in [0.1, 0.15) is 0 Å².